The van der Waals surface area contributed by atoms with Gasteiger partial charge in [-0.2, -0.15) is 0 Å². The Morgan fingerprint density at radius 2 is 1.63 bits per heavy atom. The lowest BCUT2D eigenvalue weighted by atomic mass is 10.1. The molecule has 6 heteroatoms. The zero-order valence-electron chi connectivity index (χ0n) is 9.15. The van der Waals surface area contributed by atoms with E-state index in [4.69, 9.17) is 0 Å². The van der Waals surface area contributed by atoms with Crippen LogP contribution in [0, 0.1) is 38.7 Å². The topological polar surface area (TPSA) is 12.9 Å². The van der Waals surface area contributed by atoms with E-state index in [0.717, 1.165) is 0 Å². The van der Waals surface area contributed by atoms with Gasteiger partial charge in [0.2, 0.25) is 0 Å². The van der Waals surface area contributed by atoms with E-state index in [1.807, 2.05) is 0 Å². The molecule has 0 aliphatic rings. The molecule has 0 aliphatic heterocycles. The van der Waals surface area contributed by atoms with Gasteiger partial charge < -0.3 is 0 Å². The van der Waals surface area contributed by atoms with E-state index in [0.29, 0.717) is 5.56 Å². The highest BCUT2D eigenvalue weighted by Gasteiger charge is 2.22. The summed E-state index contributed by atoms with van der Waals surface area (Å²) >= 11 is 1.38. The first-order chi connectivity index (χ1) is 9.02. The molecule has 0 saturated carbocycles. The van der Waals surface area contributed by atoms with Gasteiger partial charge in [0.05, 0.1) is 9.13 Å². The molecule has 0 unspecified atom stereocenters. The molecule has 1 aromatic carbocycles. The van der Waals surface area contributed by atoms with Crippen molar-refractivity contribution in [1.82, 2.24) is 4.98 Å². The molecule has 0 atom stereocenters. The predicted octanol–water partition coefficient (Wildman–Crippen LogP) is 3.64. The Kier molecular flexibility index (Phi) is 4.04. The molecule has 96 valence electrons. The van der Waals surface area contributed by atoms with Gasteiger partial charge >= 0.3 is 0 Å². The average molecular weight is 377 g/mol. The Morgan fingerprint density at radius 3 is 2.26 bits per heavy atom. The summed E-state index contributed by atoms with van der Waals surface area (Å²) < 4.78 is 52.4. The van der Waals surface area contributed by atoms with Crippen molar-refractivity contribution in [2.75, 3.05) is 0 Å². The summed E-state index contributed by atoms with van der Waals surface area (Å²) in [4.78, 5) is 3.78. The van der Waals surface area contributed by atoms with E-state index < -0.39 is 32.4 Å². The van der Waals surface area contributed by atoms with Crippen LogP contribution in [0.3, 0.4) is 0 Å². The van der Waals surface area contributed by atoms with E-state index >= 15 is 0 Å². The normalized spacial score (nSPS) is 9.95. The van der Waals surface area contributed by atoms with Gasteiger partial charge in [0.25, 0.3) is 0 Å². The number of rotatable bonds is 0. The molecule has 1 aromatic heterocycles. The third-order valence-corrected chi connectivity index (χ3v) is 3.22. The van der Waals surface area contributed by atoms with Crippen LogP contribution < -0.4 is 0 Å². The summed E-state index contributed by atoms with van der Waals surface area (Å²) in [7, 11) is 0. The maximum atomic E-state index is 13.5. The van der Waals surface area contributed by atoms with Gasteiger partial charge in [0.1, 0.15) is 0 Å². The number of aromatic nitrogens is 1. The second-order valence-corrected chi connectivity index (χ2v) is 4.52. The first-order valence-electron chi connectivity index (χ1n) is 4.96. The Bertz CT molecular complexity index is 660. The smallest absolute Gasteiger partial charge is 0.198 e. The molecule has 2 rings (SSSR count). The number of nitrogens with zero attached hydrogens (tertiary/aromatic N) is 1. The van der Waals surface area contributed by atoms with Gasteiger partial charge in [0.15, 0.2) is 23.3 Å². The molecule has 0 fully saturated rings. The second-order valence-electron chi connectivity index (χ2n) is 3.44. The number of halogens is 5. The van der Waals surface area contributed by atoms with Crippen molar-refractivity contribution in [2.45, 2.75) is 0 Å². The lowest BCUT2D eigenvalue weighted by Gasteiger charge is -2.03. The molecule has 0 saturated heterocycles. The van der Waals surface area contributed by atoms with Crippen LogP contribution in [0.1, 0.15) is 11.1 Å². The molecule has 0 bridgehead atoms. The van der Waals surface area contributed by atoms with Crippen molar-refractivity contribution in [3.63, 3.8) is 0 Å². The summed E-state index contributed by atoms with van der Waals surface area (Å²) in [6, 6.07) is 3.21. The Hall–Kier alpha value is -1.62. The third-order valence-electron chi connectivity index (χ3n) is 2.20. The van der Waals surface area contributed by atoms with Crippen LogP contribution in [0.4, 0.5) is 17.6 Å². The number of hydrogen-bond donors (Lipinski definition) is 0. The summed E-state index contributed by atoms with van der Waals surface area (Å²) in [5.74, 6) is -1.87. The first kappa shape index (κ1) is 13.8. The van der Waals surface area contributed by atoms with Crippen molar-refractivity contribution in [3.8, 4) is 11.8 Å². The fourth-order valence-electron chi connectivity index (χ4n) is 1.29. The summed E-state index contributed by atoms with van der Waals surface area (Å²) in [5, 5.41) is 0. The van der Waals surface area contributed by atoms with Crippen molar-refractivity contribution < 1.29 is 17.6 Å². The number of benzene rings is 1. The van der Waals surface area contributed by atoms with Crippen LogP contribution in [0.2, 0.25) is 0 Å². The van der Waals surface area contributed by atoms with Gasteiger partial charge in [-0.25, -0.2) is 17.6 Å². The van der Waals surface area contributed by atoms with E-state index in [1.165, 1.54) is 35.0 Å². The van der Waals surface area contributed by atoms with Gasteiger partial charge in [0, 0.05) is 18.0 Å². The zero-order valence-corrected chi connectivity index (χ0v) is 11.3. The molecule has 0 aliphatic carbocycles. The number of hydrogen-bond acceptors (Lipinski definition) is 1. The third kappa shape index (κ3) is 2.71. The maximum absolute atomic E-state index is 13.5. The Balaban J connectivity index is 2.57. The molecule has 0 N–H and O–H groups in total. The summed E-state index contributed by atoms with van der Waals surface area (Å²) in [6.45, 7) is 0. The van der Waals surface area contributed by atoms with Crippen molar-refractivity contribution in [3.05, 3.63) is 62.5 Å². The highest BCUT2D eigenvalue weighted by atomic mass is 127. The van der Waals surface area contributed by atoms with Crippen molar-refractivity contribution >= 4 is 22.6 Å². The van der Waals surface area contributed by atoms with Crippen LogP contribution in [-0.2, 0) is 0 Å². The zero-order chi connectivity index (χ0) is 14.0. The summed E-state index contributed by atoms with van der Waals surface area (Å²) in [6.07, 6.45) is 2.93. The fraction of sp³-hybridized carbons (Fsp3) is 0. The molecular formula is C13H4F4IN. The minimum absolute atomic E-state index is 0.398. The van der Waals surface area contributed by atoms with Crippen LogP contribution in [0.15, 0.2) is 24.5 Å². The van der Waals surface area contributed by atoms with Gasteiger partial charge in [-0.15, -0.1) is 0 Å². The molecule has 2 aromatic rings. The largest absolute Gasteiger partial charge is 0.263 e. The van der Waals surface area contributed by atoms with Crippen LogP contribution in [-0.4, -0.2) is 4.98 Å². The molecule has 1 heterocycles. The van der Waals surface area contributed by atoms with E-state index in [1.54, 1.807) is 12.1 Å². The molecule has 0 spiro atoms. The second kappa shape index (κ2) is 5.57. The van der Waals surface area contributed by atoms with Gasteiger partial charge in [-0.05, 0) is 34.7 Å². The molecule has 0 radical (unpaired) electrons. The quantitative estimate of drug-likeness (QED) is 0.225. The average Bonchev–Trinajstić information content (AvgIpc) is 2.44. The van der Waals surface area contributed by atoms with Crippen molar-refractivity contribution in [1.29, 1.82) is 0 Å². The van der Waals surface area contributed by atoms with Crippen LogP contribution in [0.5, 0.6) is 0 Å². The van der Waals surface area contributed by atoms with E-state index in [-0.39, 0.29) is 0 Å². The Labute approximate surface area is 119 Å². The van der Waals surface area contributed by atoms with Gasteiger partial charge in [-0.3, -0.25) is 4.98 Å². The van der Waals surface area contributed by atoms with E-state index in [2.05, 4.69) is 16.8 Å². The lowest BCUT2D eigenvalue weighted by molar-refractivity contribution is 0.404. The van der Waals surface area contributed by atoms with Gasteiger partial charge in [-0.1, -0.05) is 11.8 Å². The monoisotopic (exact) mass is 377 g/mol. The lowest BCUT2D eigenvalue weighted by Crippen LogP contribution is -2.03. The molecule has 19 heavy (non-hydrogen) atoms. The first-order valence-corrected chi connectivity index (χ1v) is 6.03. The van der Waals surface area contributed by atoms with Crippen LogP contribution >= 0.6 is 22.6 Å². The summed E-state index contributed by atoms with van der Waals surface area (Å²) in [5.41, 5.74) is -0.0660. The predicted molar refractivity (Wildman–Crippen MR) is 69.2 cm³/mol. The highest BCUT2D eigenvalue weighted by molar-refractivity contribution is 14.1. The molecule has 1 nitrogen and oxygen atoms in total. The van der Waals surface area contributed by atoms with Crippen LogP contribution in [0.25, 0.3) is 0 Å². The highest BCUT2D eigenvalue weighted by Crippen LogP contribution is 2.24. The number of pyridine rings is 1. The minimum Gasteiger partial charge on any atom is -0.263 e. The van der Waals surface area contributed by atoms with Crippen molar-refractivity contribution in [2.24, 2.45) is 0 Å². The molecular weight excluding hydrogens is 373 g/mol. The maximum Gasteiger partial charge on any atom is 0.198 e. The molecule has 0 amide bonds. The minimum atomic E-state index is -1.87. The standard InChI is InChI=1S/C13H4F4IN/c14-9-8(4-3-7-2-1-5-19-6-7)13(18)12(17)11(16)10(9)15/h1-2,5-6H. The Morgan fingerprint density at radius 1 is 0.947 bits per heavy atom. The fourth-order valence-corrected chi connectivity index (χ4v) is 1.89. The SMILES string of the molecule is Fc1c(F)c(F)c(C#Cc2cccnc2)c(I)c1F. The van der Waals surface area contributed by atoms with E-state index in [9.17, 15) is 17.6 Å².